The fourth-order valence-electron chi connectivity index (χ4n) is 0.530. The van der Waals surface area contributed by atoms with Crippen LogP contribution in [0.1, 0.15) is 27.7 Å². The van der Waals surface area contributed by atoms with Crippen molar-refractivity contribution < 1.29 is 14.3 Å². The highest BCUT2D eigenvalue weighted by atomic mass is 16.6. The molecule has 6 heteroatoms. The largest absolute Gasteiger partial charge is 0.443 e. The van der Waals surface area contributed by atoms with Gasteiger partial charge in [-0.25, -0.2) is 10.2 Å². The molecule has 0 aromatic carbocycles. The van der Waals surface area contributed by atoms with E-state index in [2.05, 4.69) is 10.9 Å². The van der Waals surface area contributed by atoms with Gasteiger partial charge in [-0.05, 0) is 27.7 Å². The standard InChI is InChI=1S/C8H17N3O3/c1-5(9)6(12)10-11-7(13)14-8(2,3)4/h5H,9H2,1-4H3,(H,10,12)(H,11,13)/t5-/m0/s1. The summed E-state index contributed by atoms with van der Waals surface area (Å²) in [5.74, 6) is -0.476. The summed E-state index contributed by atoms with van der Waals surface area (Å²) in [6.45, 7) is 6.67. The van der Waals surface area contributed by atoms with Crippen LogP contribution in [0, 0.1) is 0 Å². The summed E-state index contributed by atoms with van der Waals surface area (Å²) in [5, 5.41) is 0. The van der Waals surface area contributed by atoms with Gasteiger partial charge in [-0.15, -0.1) is 0 Å². The second-order valence-corrected chi connectivity index (χ2v) is 3.90. The molecule has 0 radical (unpaired) electrons. The number of amides is 2. The molecular weight excluding hydrogens is 186 g/mol. The molecule has 0 saturated carbocycles. The van der Waals surface area contributed by atoms with E-state index in [4.69, 9.17) is 10.5 Å². The van der Waals surface area contributed by atoms with E-state index in [-0.39, 0.29) is 0 Å². The van der Waals surface area contributed by atoms with Gasteiger partial charge in [0.25, 0.3) is 5.91 Å². The van der Waals surface area contributed by atoms with Crippen LogP contribution in [0.25, 0.3) is 0 Å². The van der Waals surface area contributed by atoms with Gasteiger partial charge in [0, 0.05) is 0 Å². The molecule has 0 aromatic rings. The number of rotatable bonds is 1. The zero-order chi connectivity index (χ0) is 11.4. The third-order valence-electron chi connectivity index (χ3n) is 1.10. The molecule has 6 nitrogen and oxygen atoms in total. The Labute approximate surface area is 83.1 Å². The van der Waals surface area contributed by atoms with Gasteiger partial charge in [0.05, 0.1) is 6.04 Å². The fraction of sp³-hybridized carbons (Fsp3) is 0.750. The lowest BCUT2D eigenvalue weighted by molar-refractivity contribution is -0.123. The minimum atomic E-state index is -0.716. The Morgan fingerprint density at radius 3 is 2.14 bits per heavy atom. The molecule has 2 amide bonds. The lowest BCUT2D eigenvalue weighted by atomic mass is 10.2. The van der Waals surface area contributed by atoms with Gasteiger partial charge in [0.1, 0.15) is 5.60 Å². The van der Waals surface area contributed by atoms with E-state index >= 15 is 0 Å². The summed E-state index contributed by atoms with van der Waals surface area (Å²) in [5.41, 5.74) is 8.85. The minimum Gasteiger partial charge on any atom is -0.443 e. The topological polar surface area (TPSA) is 93.5 Å². The highest BCUT2D eigenvalue weighted by Gasteiger charge is 2.16. The molecule has 0 heterocycles. The van der Waals surface area contributed by atoms with Crippen LogP contribution >= 0.6 is 0 Å². The van der Waals surface area contributed by atoms with E-state index in [0.29, 0.717) is 0 Å². The van der Waals surface area contributed by atoms with Crippen LogP contribution in [0.4, 0.5) is 4.79 Å². The summed E-state index contributed by atoms with van der Waals surface area (Å²) in [6, 6.07) is -0.676. The SMILES string of the molecule is C[C@H](N)C(=O)NNC(=O)OC(C)(C)C. The van der Waals surface area contributed by atoms with Crippen LogP contribution in [0.2, 0.25) is 0 Å². The molecule has 0 saturated heterocycles. The number of ether oxygens (including phenoxy) is 1. The number of carbonyl (C=O) groups is 2. The lowest BCUT2D eigenvalue weighted by Crippen LogP contribution is -2.49. The zero-order valence-electron chi connectivity index (χ0n) is 8.88. The molecule has 0 unspecified atom stereocenters. The van der Waals surface area contributed by atoms with Crippen LogP contribution in [-0.2, 0) is 9.53 Å². The maximum Gasteiger partial charge on any atom is 0.426 e. The van der Waals surface area contributed by atoms with Crippen molar-refractivity contribution in [2.24, 2.45) is 5.73 Å². The summed E-state index contributed by atoms with van der Waals surface area (Å²) in [4.78, 5) is 21.9. The monoisotopic (exact) mass is 203 g/mol. The number of hydrogen-bond acceptors (Lipinski definition) is 4. The van der Waals surface area contributed by atoms with Crippen molar-refractivity contribution in [2.45, 2.75) is 39.3 Å². The minimum absolute atomic E-state index is 0.476. The Morgan fingerprint density at radius 2 is 1.79 bits per heavy atom. The maximum atomic E-state index is 11.0. The van der Waals surface area contributed by atoms with Crippen molar-refractivity contribution in [1.82, 2.24) is 10.9 Å². The van der Waals surface area contributed by atoms with E-state index in [1.807, 2.05) is 0 Å². The third kappa shape index (κ3) is 6.24. The molecule has 0 rings (SSSR count). The average molecular weight is 203 g/mol. The second-order valence-electron chi connectivity index (χ2n) is 3.90. The predicted octanol–water partition coefficient (Wildman–Crippen LogP) is -0.111. The Hall–Kier alpha value is -1.30. The Kier molecular flexibility index (Phi) is 4.36. The number of carbonyl (C=O) groups excluding carboxylic acids is 2. The molecule has 1 atom stereocenters. The molecule has 82 valence electrons. The van der Waals surface area contributed by atoms with Crippen LogP contribution in [-0.4, -0.2) is 23.6 Å². The quantitative estimate of drug-likeness (QED) is 0.518. The first kappa shape index (κ1) is 12.7. The number of hydrazine groups is 1. The van der Waals surface area contributed by atoms with Crippen LogP contribution in [0.5, 0.6) is 0 Å². The second kappa shape index (κ2) is 4.80. The fourth-order valence-corrected chi connectivity index (χ4v) is 0.530. The van der Waals surface area contributed by atoms with Gasteiger partial charge < -0.3 is 10.5 Å². The van der Waals surface area contributed by atoms with Crippen molar-refractivity contribution in [2.75, 3.05) is 0 Å². The summed E-state index contributed by atoms with van der Waals surface area (Å²) in [6.07, 6.45) is -0.716. The van der Waals surface area contributed by atoms with Crippen molar-refractivity contribution in [1.29, 1.82) is 0 Å². The number of hydrogen-bond donors (Lipinski definition) is 3. The average Bonchev–Trinajstić information content (AvgIpc) is 1.96. The molecule has 0 bridgehead atoms. The van der Waals surface area contributed by atoms with E-state index in [9.17, 15) is 9.59 Å². The number of nitrogens with two attached hydrogens (primary N) is 1. The highest BCUT2D eigenvalue weighted by molar-refractivity contribution is 5.83. The van der Waals surface area contributed by atoms with Gasteiger partial charge in [0.2, 0.25) is 0 Å². The molecule has 0 spiro atoms. The molecule has 14 heavy (non-hydrogen) atoms. The van der Waals surface area contributed by atoms with Gasteiger partial charge in [0.15, 0.2) is 0 Å². The highest BCUT2D eigenvalue weighted by Crippen LogP contribution is 2.05. The van der Waals surface area contributed by atoms with Gasteiger partial charge in [-0.3, -0.25) is 10.2 Å². The molecule has 0 aromatic heterocycles. The predicted molar refractivity (Wildman–Crippen MR) is 51.2 cm³/mol. The summed E-state index contributed by atoms with van der Waals surface area (Å²) in [7, 11) is 0. The molecule has 0 aliphatic rings. The summed E-state index contributed by atoms with van der Waals surface area (Å²) >= 11 is 0. The van der Waals surface area contributed by atoms with E-state index < -0.39 is 23.6 Å². The Balaban J connectivity index is 3.81. The first-order valence-electron chi connectivity index (χ1n) is 4.27. The molecule has 0 aliphatic carbocycles. The first-order valence-corrected chi connectivity index (χ1v) is 4.27. The Morgan fingerprint density at radius 1 is 1.29 bits per heavy atom. The smallest absolute Gasteiger partial charge is 0.426 e. The van der Waals surface area contributed by atoms with E-state index in [1.54, 1.807) is 20.8 Å². The molecule has 0 fully saturated rings. The van der Waals surface area contributed by atoms with Crippen LogP contribution in [0.3, 0.4) is 0 Å². The Bertz CT molecular complexity index is 220. The molecule has 0 aliphatic heterocycles. The van der Waals surface area contributed by atoms with E-state index in [1.165, 1.54) is 6.92 Å². The van der Waals surface area contributed by atoms with E-state index in [0.717, 1.165) is 0 Å². The van der Waals surface area contributed by atoms with Crippen molar-refractivity contribution in [3.8, 4) is 0 Å². The third-order valence-corrected chi connectivity index (χ3v) is 1.10. The van der Waals surface area contributed by atoms with Crippen LogP contribution < -0.4 is 16.6 Å². The molecular formula is C8H17N3O3. The molecule has 4 N–H and O–H groups in total. The number of nitrogens with one attached hydrogen (secondary N) is 2. The summed E-state index contributed by atoms with van der Waals surface area (Å²) < 4.78 is 4.86. The lowest BCUT2D eigenvalue weighted by Gasteiger charge is -2.19. The van der Waals surface area contributed by atoms with Crippen molar-refractivity contribution in [3.63, 3.8) is 0 Å². The first-order chi connectivity index (χ1) is 6.22. The van der Waals surface area contributed by atoms with Crippen molar-refractivity contribution in [3.05, 3.63) is 0 Å². The van der Waals surface area contributed by atoms with Gasteiger partial charge in [-0.2, -0.15) is 0 Å². The van der Waals surface area contributed by atoms with Crippen LogP contribution in [0.15, 0.2) is 0 Å². The maximum absolute atomic E-state index is 11.0. The van der Waals surface area contributed by atoms with Gasteiger partial charge in [-0.1, -0.05) is 0 Å². The zero-order valence-corrected chi connectivity index (χ0v) is 8.88. The normalized spacial score (nSPS) is 12.9. The van der Waals surface area contributed by atoms with Crippen molar-refractivity contribution >= 4 is 12.0 Å². The van der Waals surface area contributed by atoms with Gasteiger partial charge >= 0.3 is 6.09 Å².